The molecule has 2 aliphatic heterocycles. The first-order chi connectivity index (χ1) is 15.1. The van der Waals surface area contributed by atoms with Gasteiger partial charge < -0.3 is 14.7 Å². The van der Waals surface area contributed by atoms with Crippen LogP contribution in [0.3, 0.4) is 0 Å². The van der Waals surface area contributed by atoms with Gasteiger partial charge in [-0.25, -0.2) is 9.97 Å². The average molecular weight is 422 g/mol. The number of carbonyl (C=O) groups excluding carboxylic acids is 1. The molecule has 0 spiro atoms. The van der Waals surface area contributed by atoms with Crippen LogP contribution in [-0.4, -0.2) is 64.9 Å². The van der Waals surface area contributed by atoms with Crippen molar-refractivity contribution in [3.8, 4) is 0 Å². The molecule has 1 aromatic heterocycles. The number of piperazine rings is 1. The van der Waals surface area contributed by atoms with Crippen LogP contribution in [0.5, 0.6) is 0 Å². The highest BCUT2D eigenvalue weighted by atomic mass is 16.2. The van der Waals surface area contributed by atoms with E-state index in [0.717, 1.165) is 74.0 Å². The molecule has 1 fully saturated rings. The SMILES string of the molecule is CCCCc1ccc(C(=O)N2CCc3nc(C)nc(N4CCN(CC)CC4)c3C2)cc1. The minimum absolute atomic E-state index is 0.106. The van der Waals surface area contributed by atoms with Crippen LogP contribution in [-0.2, 0) is 19.4 Å². The molecule has 0 atom stereocenters. The molecule has 0 bridgehead atoms. The van der Waals surface area contributed by atoms with E-state index in [9.17, 15) is 4.79 Å². The third-order valence-corrected chi connectivity index (χ3v) is 6.58. The van der Waals surface area contributed by atoms with E-state index in [-0.39, 0.29) is 5.91 Å². The summed E-state index contributed by atoms with van der Waals surface area (Å²) in [5.41, 5.74) is 4.32. The highest BCUT2D eigenvalue weighted by Gasteiger charge is 2.29. The van der Waals surface area contributed by atoms with Crippen LogP contribution in [0, 0.1) is 6.92 Å². The first-order valence-electron chi connectivity index (χ1n) is 11.8. The number of amides is 1. The summed E-state index contributed by atoms with van der Waals surface area (Å²) < 4.78 is 0. The number of benzene rings is 1. The van der Waals surface area contributed by atoms with Crippen molar-refractivity contribution < 1.29 is 4.79 Å². The van der Waals surface area contributed by atoms with Crippen LogP contribution in [0.4, 0.5) is 5.82 Å². The predicted octanol–water partition coefficient (Wildman–Crippen LogP) is 3.47. The number of aryl methyl sites for hydroxylation is 2. The second-order valence-corrected chi connectivity index (χ2v) is 8.72. The van der Waals surface area contributed by atoms with Crippen molar-refractivity contribution in [2.75, 3.05) is 44.2 Å². The maximum Gasteiger partial charge on any atom is 0.254 e. The Morgan fingerprint density at radius 2 is 1.74 bits per heavy atom. The smallest absolute Gasteiger partial charge is 0.254 e. The van der Waals surface area contributed by atoms with Crippen LogP contribution in [0.2, 0.25) is 0 Å². The van der Waals surface area contributed by atoms with Gasteiger partial charge in [0.05, 0.1) is 12.2 Å². The molecular formula is C25H35N5O. The molecule has 6 nitrogen and oxygen atoms in total. The quantitative estimate of drug-likeness (QED) is 0.715. The van der Waals surface area contributed by atoms with E-state index in [1.54, 1.807) is 0 Å². The Morgan fingerprint density at radius 3 is 2.42 bits per heavy atom. The fraction of sp³-hybridized carbons (Fsp3) is 0.560. The second-order valence-electron chi connectivity index (χ2n) is 8.72. The summed E-state index contributed by atoms with van der Waals surface area (Å²) in [6.45, 7) is 12.9. The standard InChI is InChI=1S/C25H35N5O/c1-4-6-7-20-8-10-21(11-9-20)25(31)30-13-12-23-22(18-30)24(27-19(3)26-23)29-16-14-28(5-2)15-17-29/h8-11H,4-7,12-18H2,1-3H3. The van der Waals surface area contributed by atoms with Gasteiger partial charge in [-0.3, -0.25) is 4.79 Å². The van der Waals surface area contributed by atoms with Gasteiger partial charge in [-0.15, -0.1) is 0 Å². The minimum Gasteiger partial charge on any atom is -0.354 e. The molecule has 0 saturated carbocycles. The number of nitrogens with zero attached hydrogens (tertiary/aromatic N) is 5. The van der Waals surface area contributed by atoms with Crippen LogP contribution in [0.25, 0.3) is 0 Å². The predicted molar refractivity (Wildman–Crippen MR) is 125 cm³/mol. The van der Waals surface area contributed by atoms with Crippen LogP contribution >= 0.6 is 0 Å². The Balaban J connectivity index is 1.51. The normalized spacial score (nSPS) is 17.0. The van der Waals surface area contributed by atoms with Gasteiger partial charge in [0.25, 0.3) is 5.91 Å². The Bertz CT molecular complexity index is 903. The van der Waals surface area contributed by atoms with E-state index in [0.29, 0.717) is 13.1 Å². The maximum absolute atomic E-state index is 13.2. The van der Waals surface area contributed by atoms with Crippen molar-refractivity contribution in [1.29, 1.82) is 0 Å². The topological polar surface area (TPSA) is 52.6 Å². The molecule has 166 valence electrons. The molecule has 0 N–H and O–H groups in total. The molecule has 3 heterocycles. The first kappa shape index (κ1) is 21.8. The van der Waals surface area contributed by atoms with E-state index in [2.05, 4.69) is 35.8 Å². The van der Waals surface area contributed by atoms with E-state index in [1.165, 1.54) is 18.4 Å². The lowest BCUT2D eigenvalue weighted by Crippen LogP contribution is -2.47. The van der Waals surface area contributed by atoms with Gasteiger partial charge >= 0.3 is 0 Å². The van der Waals surface area contributed by atoms with Crippen molar-refractivity contribution in [1.82, 2.24) is 19.8 Å². The van der Waals surface area contributed by atoms with Gasteiger partial charge in [0.15, 0.2) is 0 Å². The fourth-order valence-electron chi connectivity index (χ4n) is 4.61. The summed E-state index contributed by atoms with van der Waals surface area (Å²) >= 11 is 0. The number of rotatable bonds is 6. The average Bonchev–Trinajstić information content (AvgIpc) is 2.82. The molecule has 2 aromatic rings. The maximum atomic E-state index is 13.2. The van der Waals surface area contributed by atoms with Gasteiger partial charge in [0.1, 0.15) is 11.6 Å². The molecule has 2 aliphatic rings. The summed E-state index contributed by atoms with van der Waals surface area (Å²) in [5.74, 6) is 1.97. The zero-order chi connectivity index (χ0) is 21.8. The summed E-state index contributed by atoms with van der Waals surface area (Å²) in [7, 11) is 0. The van der Waals surface area contributed by atoms with E-state index in [4.69, 9.17) is 9.97 Å². The Hall–Kier alpha value is -2.47. The molecule has 4 rings (SSSR count). The Labute approximate surface area is 186 Å². The lowest BCUT2D eigenvalue weighted by atomic mass is 10.0. The number of hydrogen-bond donors (Lipinski definition) is 0. The number of hydrogen-bond acceptors (Lipinski definition) is 5. The molecule has 6 heteroatoms. The fourth-order valence-corrected chi connectivity index (χ4v) is 4.61. The first-order valence-corrected chi connectivity index (χ1v) is 11.8. The number of aromatic nitrogens is 2. The summed E-state index contributed by atoms with van der Waals surface area (Å²) in [4.78, 5) is 29.6. The summed E-state index contributed by atoms with van der Waals surface area (Å²) in [6, 6.07) is 8.18. The lowest BCUT2D eigenvalue weighted by molar-refractivity contribution is 0.0733. The van der Waals surface area contributed by atoms with Gasteiger partial charge in [-0.2, -0.15) is 0 Å². The van der Waals surface area contributed by atoms with Crippen molar-refractivity contribution in [2.45, 2.75) is 53.0 Å². The van der Waals surface area contributed by atoms with Gasteiger partial charge in [-0.1, -0.05) is 32.4 Å². The molecule has 0 radical (unpaired) electrons. The third-order valence-electron chi connectivity index (χ3n) is 6.58. The largest absolute Gasteiger partial charge is 0.354 e. The van der Waals surface area contributed by atoms with Crippen molar-refractivity contribution in [3.05, 3.63) is 52.5 Å². The van der Waals surface area contributed by atoms with Crippen molar-refractivity contribution in [2.24, 2.45) is 0 Å². The molecule has 1 aromatic carbocycles. The number of unbranched alkanes of at least 4 members (excludes halogenated alkanes) is 1. The van der Waals surface area contributed by atoms with Crippen molar-refractivity contribution in [3.63, 3.8) is 0 Å². The van der Waals surface area contributed by atoms with Crippen molar-refractivity contribution >= 4 is 11.7 Å². The van der Waals surface area contributed by atoms with Gasteiger partial charge in [0, 0.05) is 50.3 Å². The van der Waals surface area contributed by atoms with E-state index < -0.39 is 0 Å². The van der Waals surface area contributed by atoms with Crippen LogP contribution in [0.15, 0.2) is 24.3 Å². The molecular weight excluding hydrogens is 386 g/mol. The number of carbonyl (C=O) groups is 1. The van der Waals surface area contributed by atoms with E-state index >= 15 is 0 Å². The zero-order valence-corrected chi connectivity index (χ0v) is 19.2. The van der Waals surface area contributed by atoms with E-state index in [1.807, 2.05) is 24.0 Å². The lowest BCUT2D eigenvalue weighted by Gasteiger charge is -2.37. The summed E-state index contributed by atoms with van der Waals surface area (Å²) in [5, 5.41) is 0. The highest BCUT2D eigenvalue weighted by Crippen LogP contribution is 2.28. The van der Waals surface area contributed by atoms with Crippen LogP contribution in [0.1, 0.15) is 59.7 Å². The number of anilines is 1. The minimum atomic E-state index is 0.106. The van der Waals surface area contributed by atoms with Crippen LogP contribution < -0.4 is 4.90 Å². The number of fused-ring (bicyclic) bond motifs is 1. The molecule has 0 aliphatic carbocycles. The second kappa shape index (κ2) is 9.77. The zero-order valence-electron chi connectivity index (χ0n) is 19.2. The Morgan fingerprint density at radius 1 is 1.00 bits per heavy atom. The molecule has 0 unspecified atom stereocenters. The van der Waals surface area contributed by atoms with Gasteiger partial charge in [0.2, 0.25) is 0 Å². The van der Waals surface area contributed by atoms with Gasteiger partial charge in [-0.05, 0) is 44.0 Å². The highest BCUT2D eigenvalue weighted by molar-refractivity contribution is 5.94. The third kappa shape index (κ3) is 4.90. The molecule has 1 amide bonds. The number of likely N-dealkylation sites (N-methyl/N-ethyl adjacent to an activating group) is 1. The Kier molecular flexibility index (Phi) is 6.86. The molecule has 1 saturated heterocycles. The monoisotopic (exact) mass is 421 g/mol. The molecule has 31 heavy (non-hydrogen) atoms. The summed E-state index contributed by atoms with van der Waals surface area (Å²) in [6.07, 6.45) is 4.24.